The van der Waals surface area contributed by atoms with Gasteiger partial charge in [0.25, 0.3) is 10.0 Å². The molecule has 6 nitrogen and oxygen atoms in total. The zero-order valence-electron chi connectivity index (χ0n) is 15.6. The lowest BCUT2D eigenvalue weighted by molar-refractivity contribution is 0.262. The molecule has 0 aliphatic carbocycles. The standard InChI is InChI=1S/C21H21N3O3S/c1-15-12-13-20(16(2)14-15)28(26,27)24-19-11-7-6-10-18(19)23-21(25)22-17-8-4-3-5-9-17/h3-14,24H,1-2H3,(H2,22,23,25). The first-order chi connectivity index (χ1) is 13.3. The fourth-order valence-electron chi connectivity index (χ4n) is 2.79. The number of amides is 2. The Bertz CT molecular complexity index is 1100. The smallest absolute Gasteiger partial charge is 0.308 e. The number of hydrogen-bond donors (Lipinski definition) is 3. The molecule has 7 heteroatoms. The van der Waals surface area contributed by atoms with Crippen LogP contribution in [-0.4, -0.2) is 14.4 Å². The van der Waals surface area contributed by atoms with E-state index < -0.39 is 16.1 Å². The second kappa shape index (κ2) is 8.14. The van der Waals surface area contributed by atoms with Crippen molar-refractivity contribution in [2.45, 2.75) is 18.7 Å². The van der Waals surface area contributed by atoms with E-state index in [9.17, 15) is 13.2 Å². The summed E-state index contributed by atoms with van der Waals surface area (Å²) in [5.41, 5.74) is 2.90. The van der Waals surface area contributed by atoms with Crippen molar-refractivity contribution in [3.05, 3.63) is 83.9 Å². The molecule has 0 aromatic heterocycles. The first-order valence-corrected chi connectivity index (χ1v) is 10.2. The van der Waals surface area contributed by atoms with Gasteiger partial charge in [-0.25, -0.2) is 13.2 Å². The Morgan fingerprint density at radius 2 is 1.43 bits per heavy atom. The Kier molecular flexibility index (Phi) is 5.65. The monoisotopic (exact) mass is 395 g/mol. The van der Waals surface area contributed by atoms with E-state index in [0.29, 0.717) is 16.9 Å². The summed E-state index contributed by atoms with van der Waals surface area (Å²) < 4.78 is 28.2. The first-order valence-electron chi connectivity index (χ1n) is 8.67. The highest BCUT2D eigenvalue weighted by Crippen LogP contribution is 2.26. The van der Waals surface area contributed by atoms with E-state index in [4.69, 9.17) is 0 Å². The Hall–Kier alpha value is -3.32. The molecule has 3 aromatic carbocycles. The van der Waals surface area contributed by atoms with Crippen molar-refractivity contribution in [3.63, 3.8) is 0 Å². The van der Waals surface area contributed by atoms with Crippen LogP contribution in [0.3, 0.4) is 0 Å². The maximum atomic E-state index is 12.8. The number of urea groups is 1. The molecule has 3 aromatic rings. The minimum absolute atomic E-state index is 0.196. The molecule has 0 unspecified atom stereocenters. The summed E-state index contributed by atoms with van der Waals surface area (Å²) in [4.78, 5) is 12.5. The van der Waals surface area contributed by atoms with Crippen molar-refractivity contribution in [1.29, 1.82) is 0 Å². The van der Waals surface area contributed by atoms with E-state index in [0.717, 1.165) is 5.56 Å². The van der Waals surface area contributed by atoms with Crippen LogP contribution in [0.4, 0.5) is 21.9 Å². The third-order valence-electron chi connectivity index (χ3n) is 4.07. The first kappa shape index (κ1) is 19.4. The number of nitrogens with one attached hydrogen (secondary N) is 3. The van der Waals surface area contributed by atoms with Crippen LogP contribution >= 0.6 is 0 Å². The van der Waals surface area contributed by atoms with Gasteiger partial charge in [-0.3, -0.25) is 4.72 Å². The van der Waals surface area contributed by atoms with Crippen LogP contribution in [0.2, 0.25) is 0 Å². The van der Waals surface area contributed by atoms with E-state index in [2.05, 4.69) is 15.4 Å². The van der Waals surface area contributed by atoms with E-state index in [-0.39, 0.29) is 10.6 Å². The minimum Gasteiger partial charge on any atom is -0.308 e. The van der Waals surface area contributed by atoms with Crippen molar-refractivity contribution in [1.82, 2.24) is 0 Å². The molecule has 0 bridgehead atoms. The summed E-state index contributed by atoms with van der Waals surface area (Å²) in [6.45, 7) is 3.65. The van der Waals surface area contributed by atoms with Crippen molar-refractivity contribution >= 4 is 33.1 Å². The number of aryl methyl sites for hydroxylation is 2. The zero-order chi connectivity index (χ0) is 20.1. The Morgan fingerprint density at radius 3 is 2.11 bits per heavy atom. The van der Waals surface area contributed by atoms with Gasteiger partial charge in [-0.05, 0) is 49.7 Å². The molecule has 0 radical (unpaired) electrons. The lowest BCUT2D eigenvalue weighted by Crippen LogP contribution is -2.21. The Labute approximate surface area is 164 Å². The molecule has 0 spiro atoms. The van der Waals surface area contributed by atoms with E-state index in [1.807, 2.05) is 31.2 Å². The largest absolute Gasteiger partial charge is 0.323 e. The molecule has 0 aliphatic rings. The van der Waals surface area contributed by atoms with Crippen LogP contribution in [0.1, 0.15) is 11.1 Å². The average molecular weight is 395 g/mol. The molecular weight excluding hydrogens is 374 g/mol. The fourth-order valence-corrected chi connectivity index (χ4v) is 4.10. The third kappa shape index (κ3) is 4.69. The molecule has 28 heavy (non-hydrogen) atoms. The molecule has 0 saturated carbocycles. The summed E-state index contributed by atoms with van der Waals surface area (Å²) in [5.74, 6) is 0. The predicted octanol–water partition coefficient (Wildman–Crippen LogP) is 4.75. The van der Waals surface area contributed by atoms with Crippen LogP contribution in [0.15, 0.2) is 77.7 Å². The van der Waals surface area contributed by atoms with Gasteiger partial charge in [0, 0.05) is 5.69 Å². The maximum absolute atomic E-state index is 12.8. The fraction of sp³-hybridized carbons (Fsp3) is 0.0952. The van der Waals surface area contributed by atoms with E-state index in [1.165, 1.54) is 0 Å². The van der Waals surface area contributed by atoms with Crippen molar-refractivity contribution in [3.8, 4) is 0 Å². The van der Waals surface area contributed by atoms with Gasteiger partial charge in [-0.2, -0.15) is 0 Å². The van der Waals surface area contributed by atoms with Crippen molar-refractivity contribution in [2.75, 3.05) is 15.4 Å². The Balaban J connectivity index is 1.81. The summed E-state index contributed by atoms with van der Waals surface area (Å²) >= 11 is 0. The van der Waals surface area contributed by atoms with Crippen molar-refractivity contribution in [2.24, 2.45) is 0 Å². The topological polar surface area (TPSA) is 87.3 Å². The number of rotatable bonds is 5. The molecule has 144 valence electrons. The molecule has 0 fully saturated rings. The van der Waals surface area contributed by atoms with Crippen LogP contribution in [-0.2, 0) is 10.0 Å². The lowest BCUT2D eigenvalue weighted by Gasteiger charge is -2.15. The van der Waals surface area contributed by atoms with Crippen molar-refractivity contribution < 1.29 is 13.2 Å². The molecule has 2 amide bonds. The molecule has 3 rings (SSSR count). The van der Waals surface area contributed by atoms with Gasteiger partial charge < -0.3 is 10.6 Å². The summed E-state index contributed by atoms with van der Waals surface area (Å²) in [6, 6.07) is 20.3. The maximum Gasteiger partial charge on any atom is 0.323 e. The van der Waals surface area contributed by atoms with Crippen LogP contribution in [0, 0.1) is 13.8 Å². The molecular formula is C21H21N3O3S. The number of carbonyl (C=O) groups excluding carboxylic acids is 1. The number of hydrogen-bond acceptors (Lipinski definition) is 3. The third-order valence-corrected chi connectivity index (χ3v) is 5.60. The highest BCUT2D eigenvalue weighted by Gasteiger charge is 2.19. The van der Waals surface area contributed by atoms with Gasteiger partial charge in [0.15, 0.2) is 0 Å². The number of benzene rings is 3. The zero-order valence-corrected chi connectivity index (χ0v) is 16.4. The van der Waals surface area contributed by atoms with Crippen LogP contribution in [0.5, 0.6) is 0 Å². The SMILES string of the molecule is Cc1ccc(S(=O)(=O)Nc2ccccc2NC(=O)Nc2ccccc2)c(C)c1. The van der Waals surface area contributed by atoms with Crippen LogP contribution < -0.4 is 15.4 Å². The highest BCUT2D eigenvalue weighted by molar-refractivity contribution is 7.92. The molecule has 0 atom stereocenters. The van der Waals surface area contributed by atoms with Gasteiger partial charge in [0.05, 0.1) is 16.3 Å². The van der Waals surface area contributed by atoms with Gasteiger partial charge >= 0.3 is 6.03 Å². The van der Waals surface area contributed by atoms with E-state index >= 15 is 0 Å². The predicted molar refractivity (Wildman–Crippen MR) is 112 cm³/mol. The second-order valence-electron chi connectivity index (χ2n) is 6.37. The molecule has 0 aliphatic heterocycles. The van der Waals surface area contributed by atoms with E-state index in [1.54, 1.807) is 55.5 Å². The molecule has 3 N–H and O–H groups in total. The van der Waals surface area contributed by atoms with Gasteiger partial charge in [0.1, 0.15) is 0 Å². The second-order valence-corrected chi connectivity index (χ2v) is 8.02. The summed E-state index contributed by atoms with van der Waals surface area (Å²) in [6.07, 6.45) is 0. The lowest BCUT2D eigenvalue weighted by atomic mass is 10.2. The number of sulfonamides is 1. The Morgan fingerprint density at radius 1 is 0.786 bits per heavy atom. The number of carbonyl (C=O) groups is 1. The summed E-state index contributed by atoms with van der Waals surface area (Å²) in [7, 11) is -3.80. The van der Waals surface area contributed by atoms with Gasteiger partial charge in [-0.1, -0.05) is 48.0 Å². The number of anilines is 3. The summed E-state index contributed by atoms with van der Waals surface area (Å²) in [5, 5.41) is 5.38. The minimum atomic E-state index is -3.80. The average Bonchev–Trinajstić information content (AvgIpc) is 2.63. The molecule has 0 heterocycles. The highest BCUT2D eigenvalue weighted by atomic mass is 32.2. The van der Waals surface area contributed by atoms with Gasteiger partial charge in [0.2, 0.25) is 0 Å². The molecule has 0 saturated heterocycles. The quantitative estimate of drug-likeness (QED) is 0.583. The van der Waals surface area contributed by atoms with Crippen LogP contribution in [0.25, 0.3) is 0 Å². The normalized spacial score (nSPS) is 10.9. The number of para-hydroxylation sites is 3. The van der Waals surface area contributed by atoms with Gasteiger partial charge in [-0.15, -0.1) is 0 Å².